The molecular weight excluding hydrogens is 354 g/mol. The largest absolute Gasteiger partial charge is 0.356 e. The predicted octanol–water partition coefficient (Wildman–Crippen LogP) is 2.32. The van der Waals surface area contributed by atoms with E-state index in [1.165, 1.54) is 0 Å². The van der Waals surface area contributed by atoms with Crippen LogP contribution >= 0.6 is 0 Å². The van der Waals surface area contributed by atoms with E-state index in [0.29, 0.717) is 0 Å². The summed E-state index contributed by atoms with van der Waals surface area (Å²) in [5.41, 5.74) is 1.65. The lowest BCUT2D eigenvalue weighted by Crippen LogP contribution is -2.56. The summed E-state index contributed by atoms with van der Waals surface area (Å²) >= 11 is 0. The molecule has 1 N–H and O–H groups in total. The van der Waals surface area contributed by atoms with Crippen molar-refractivity contribution in [1.82, 2.24) is 15.2 Å². The van der Waals surface area contributed by atoms with E-state index in [-0.39, 0.29) is 30.0 Å². The third-order valence-electron chi connectivity index (χ3n) is 5.92. The van der Waals surface area contributed by atoms with Crippen molar-refractivity contribution in [2.24, 2.45) is 0 Å². The molecule has 2 saturated carbocycles. The van der Waals surface area contributed by atoms with Gasteiger partial charge < -0.3 is 15.0 Å². The zero-order valence-electron chi connectivity index (χ0n) is 15.6. The molecule has 2 heterocycles. The molecule has 144 valence electrons. The maximum Gasteiger partial charge on any atom is 0.252 e. The summed E-state index contributed by atoms with van der Waals surface area (Å²) in [6.07, 6.45) is 6.47. The number of pyridine rings is 1. The van der Waals surface area contributed by atoms with Crippen LogP contribution < -0.4 is 5.32 Å². The number of morpholine rings is 1. The molecule has 28 heavy (non-hydrogen) atoms. The predicted molar refractivity (Wildman–Crippen MR) is 102 cm³/mol. The zero-order valence-corrected chi connectivity index (χ0v) is 15.6. The van der Waals surface area contributed by atoms with Gasteiger partial charge in [-0.1, -0.05) is 36.4 Å². The van der Waals surface area contributed by atoms with Crippen LogP contribution in [-0.2, 0) is 19.9 Å². The molecule has 3 fully saturated rings. The van der Waals surface area contributed by atoms with Gasteiger partial charge >= 0.3 is 0 Å². The first kappa shape index (κ1) is 17.4. The normalized spacial score (nSPS) is 26.0. The van der Waals surface area contributed by atoms with E-state index in [0.717, 1.165) is 36.8 Å². The lowest BCUT2D eigenvalue weighted by Gasteiger charge is -2.41. The number of rotatable bonds is 5. The van der Waals surface area contributed by atoms with E-state index < -0.39 is 12.1 Å². The van der Waals surface area contributed by atoms with E-state index in [1.54, 1.807) is 12.4 Å². The standard InChI is InChI=1S/C22H23N3O3/c26-18-14-28-20(19(25(18)17-8-9-17)15-5-4-12-23-13-15)21(27)24-22(10-11-22)16-6-2-1-3-7-16/h1-7,12-13,17,19-20H,8-11,14H2,(H,24,27). The molecule has 3 aliphatic rings. The van der Waals surface area contributed by atoms with E-state index in [1.807, 2.05) is 47.4 Å². The molecule has 5 rings (SSSR count). The first-order valence-corrected chi connectivity index (χ1v) is 9.88. The smallest absolute Gasteiger partial charge is 0.252 e. The molecule has 1 aliphatic heterocycles. The average molecular weight is 377 g/mol. The SMILES string of the molecule is O=C(NC1(c2ccccc2)CC1)C1OCC(=O)N(C2CC2)C1c1cccnc1. The van der Waals surface area contributed by atoms with Crippen LogP contribution in [0, 0.1) is 0 Å². The quantitative estimate of drug-likeness (QED) is 0.868. The van der Waals surface area contributed by atoms with Gasteiger partial charge in [0.1, 0.15) is 6.61 Å². The van der Waals surface area contributed by atoms with Crippen LogP contribution in [0.25, 0.3) is 0 Å². The summed E-state index contributed by atoms with van der Waals surface area (Å²) in [5.74, 6) is -0.210. The molecule has 2 aliphatic carbocycles. The van der Waals surface area contributed by atoms with Crippen molar-refractivity contribution in [3.05, 3.63) is 66.0 Å². The highest BCUT2D eigenvalue weighted by Gasteiger charge is 2.51. The number of nitrogens with zero attached hydrogens (tertiary/aromatic N) is 2. The second-order valence-electron chi connectivity index (χ2n) is 7.93. The molecule has 0 bridgehead atoms. The number of aromatic nitrogens is 1. The number of carbonyl (C=O) groups excluding carboxylic acids is 2. The Bertz CT molecular complexity index is 878. The first-order valence-electron chi connectivity index (χ1n) is 9.88. The van der Waals surface area contributed by atoms with Gasteiger partial charge in [0, 0.05) is 18.4 Å². The van der Waals surface area contributed by atoms with Crippen molar-refractivity contribution in [3.8, 4) is 0 Å². The maximum absolute atomic E-state index is 13.3. The molecule has 1 saturated heterocycles. The molecule has 6 nitrogen and oxygen atoms in total. The van der Waals surface area contributed by atoms with Crippen LogP contribution in [-0.4, -0.2) is 40.5 Å². The fourth-order valence-corrected chi connectivity index (χ4v) is 4.19. The summed E-state index contributed by atoms with van der Waals surface area (Å²) in [4.78, 5) is 32.0. The summed E-state index contributed by atoms with van der Waals surface area (Å²) in [5, 5.41) is 3.23. The van der Waals surface area contributed by atoms with Crippen molar-refractivity contribution in [2.45, 2.75) is 49.4 Å². The average Bonchev–Trinajstić information content (AvgIpc) is 3.65. The topological polar surface area (TPSA) is 71.5 Å². The third-order valence-corrected chi connectivity index (χ3v) is 5.92. The van der Waals surface area contributed by atoms with Gasteiger partial charge in [-0.25, -0.2) is 0 Å². The molecule has 0 spiro atoms. The van der Waals surface area contributed by atoms with Gasteiger partial charge in [0.15, 0.2) is 6.10 Å². The Morgan fingerprint density at radius 1 is 1.14 bits per heavy atom. The Labute approximate surface area is 163 Å². The van der Waals surface area contributed by atoms with Crippen molar-refractivity contribution in [1.29, 1.82) is 0 Å². The fourth-order valence-electron chi connectivity index (χ4n) is 4.19. The van der Waals surface area contributed by atoms with Gasteiger partial charge in [-0.2, -0.15) is 0 Å². The van der Waals surface area contributed by atoms with Gasteiger partial charge in [0.05, 0.1) is 11.6 Å². The second-order valence-corrected chi connectivity index (χ2v) is 7.93. The Morgan fingerprint density at radius 3 is 2.57 bits per heavy atom. The van der Waals surface area contributed by atoms with E-state index in [2.05, 4.69) is 10.3 Å². The maximum atomic E-state index is 13.3. The fraction of sp³-hybridized carbons (Fsp3) is 0.409. The van der Waals surface area contributed by atoms with Gasteiger partial charge in [-0.15, -0.1) is 0 Å². The summed E-state index contributed by atoms with van der Waals surface area (Å²) in [7, 11) is 0. The van der Waals surface area contributed by atoms with Crippen LogP contribution in [0.15, 0.2) is 54.9 Å². The van der Waals surface area contributed by atoms with Crippen LogP contribution in [0.1, 0.15) is 42.9 Å². The van der Waals surface area contributed by atoms with Crippen molar-refractivity contribution < 1.29 is 14.3 Å². The molecule has 2 unspecified atom stereocenters. The monoisotopic (exact) mass is 377 g/mol. The molecule has 2 aromatic rings. The highest BCUT2D eigenvalue weighted by atomic mass is 16.5. The van der Waals surface area contributed by atoms with Crippen LogP contribution in [0.5, 0.6) is 0 Å². The van der Waals surface area contributed by atoms with Gasteiger partial charge in [0.25, 0.3) is 5.91 Å². The Kier molecular flexibility index (Phi) is 4.16. The number of hydrogen-bond donors (Lipinski definition) is 1. The third kappa shape index (κ3) is 3.07. The minimum absolute atomic E-state index is 0.0513. The Balaban J connectivity index is 1.44. The number of amides is 2. The van der Waals surface area contributed by atoms with Gasteiger partial charge in [-0.05, 0) is 42.9 Å². The van der Waals surface area contributed by atoms with Crippen molar-refractivity contribution in [2.75, 3.05) is 6.61 Å². The first-order chi connectivity index (χ1) is 13.7. The Morgan fingerprint density at radius 2 is 1.93 bits per heavy atom. The van der Waals surface area contributed by atoms with Crippen LogP contribution in [0.2, 0.25) is 0 Å². The zero-order chi connectivity index (χ0) is 19.1. The molecule has 1 aromatic carbocycles. The highest BCUT2D eigenvalue weighted by molar-refractivity contribution is 5.87. The number of carbonyl (C=O) groups is 2. The molecule has 1 aromatic heterocycles. The van der Waals surface area contributed by atoms with Crippen molar-refractivity contribution >= 4 is 11.8 Å². The minimum atomic E-state index is -0.733. The molecular formula is C22H23N3O3. The van der Waals surface area contributed by atoms with E-state index in [4.69, 9.17) is 4.74 Å². The molecule has 0 radical (unpaired) electrons. The highest BCUT2D eigenvalue weighted by Crippen LogP contribution is 2.46. The van der Waals surface area contributed by atoms with Gasteiger partial charge in [-0.3, -0.25) is 14.6 Å². The Hall–Kier alpha value is -2.73. The molecule has 2 atom stereocenters. The second kappa shape index (κ2) is 6.71. The number of benzene rings is 1. The minimum Gasteiger partial charge on any atom is -0.356 e. The summed E-state index contributed by atoms with van der Waals surface area (Å²) in [6.45, 7) is -0.0519. The van der Waals surface area contributed by atoms with Gasteiger partial charge in [0.2, 0.25) is 5.91 Å². The van der Waals surface area contributed by atoms with Crippen LogP contribution in [0.4, 0.5) is 0 Å². The number of ether oxygens (including phenoxy) is 1. The molecule has 6 heteroatoms. The van der Waals surface area contributed by atoms with E-state index >= 15 is 0 Å². The number of hydrogen-bond acceptors (Lipinski definition) is 4. The summed E-state index contributed by atoms with van der Waals surface area (Å²) in [6, 6.07) is 13.6. The lowest BCUT2D eigenvalue weighted by atomic mass is 9.97. The lowest BCUT2D eigenvalue weighted by molar-refractivity contribution is -0.165. The number of nitrogens with one attached hydrogen (secondary N) is 1. The van der Waals surface area contributed by atoms with E-state index in [9.17, 15) is 9.59 Å². The summed E-state index contributed by atoms with van der Waals surface area (Å²) < 4.78 is 5.81. The van der Waals surface area contributed by atoms with Crippen molar-refractivity contribution in [3.63, 3.8) is 0 Å². The molecule has 2 amide bonds. The van der Waals surface area contributed by atoms with Crippen LogP contribution in [0.3, 0.4) is 0 Å².